The van der Waals surface area contributed by atoms with Gasteiger partial charge in [-0.3, -0.25) is 39.0 Å². The van der Waals surface area contributed by atoms with Crippen LogP contribution < -0.4 is 10.6 Å². The first-order chi connectivity index (χ1) is 64.7. The van der Waals surface area contributed by atoms with E-state index in [4.69, 9.17) is 0 Å². The Morgan fingerprint density at radius 1 is 0.336 bits per heavy atom. The maximum absolute atomic E-state index is 11.5. The van der Waals surface area contributed by atoms with Gasteiger partial charge in [0.15, 0.2) is 0 Å². The second-order valence-electron chi connectivity index (χ2n) is 37.2. The summed E-state index contributed by atoms with van der Waals surface area (Å²) in [6.45, 7) is 118. The van der Waals surface area contributed by atoms with Gasteiger partial charge in [0.25, 0.3) is 0 Å². The van der Waals surface area contributed by atoms with Crippen LogP contribution in [0.2, 0.25) is 0 Å². The summed E-state index contributed by atoms with van der Waals surface area (Å²) in [6, 6.07) is 1.87. The maximum Gasteiger partial charge on any atom is 0 e. The standard InChI is InChI=1S/2C24H48N2.2C15H31NO.C12H25N.C10H21N.C6H8N2.2C4H8.3C2H6.12CH4.ClH.2HI.2V/c2*1-7-11-13-17-25(21-23(5)9-3)19-15-16-20-26(18-14-12-8-2)22-24(6)10-4;2*1-4-6-8-10-15(14(3)17)11-9-13-16-12-7-5-2;1-5-8-9-10-13(7-3)11-12(4)6-2;1-5-8-11(7-3)9-10(4)6-2;1-6(2)8-5-3-4-7-8;2*1-4(2)3;3*1-2;;;;;;;;;;;;;;;;;/h2*11-14,23-24H,7-10,15-22H2,1-6H3;2*15-16H,4-13H2,1-3H3;8-9,12H,5-7,10-11H2,1-4H3;5,10H,1,6-9H2,2-4H3;3-5H,1H2,2H3;2*1H2,2-3H3;3*1-2H3;12*1H4;3*1H;;/q;;;;;;;;;;;;;;;;;;;;;;;;;;;;+2/p-2/b2*13-11-,14-12-;;;9-8-;;;;;;;;;;;;;;;;;;;;;;;;. The number of nitrogens with zero attached hydrogens (tertiary/aromatic N) is 8. The molecule has 916 valence electrons. The molecule has 0 aromatic carbocycles. The predicted molar refractivity (Wildman–Crippen MR) is 727 cm³/mol. The predicted octanol–water partition coefficient (Wildman–Crippen LogP) is 44.0. The number of rotatable bonds is 72. The molecule has 2 N–H and O–H groups in total. The van der Waals surface area contributed by atoms with Crippen molar-refractivity contribution in [3.63, 3.8) is 0 Å². The Balaban J connectivity index is -0.0000000483. The number of hydrogen-bond acceptors (Lipinski definition) is 11. The van der Waals surface area contributed by atoms with Gasteiger partial charge in [0.2, 0.25) is 0 Å². The van der Waals surface area contributed by atoms with Crippen LogP contribution in [0.5, 0.6) is 0 Å². The first-order valence-electron chi connectivity index (χ1n) is 56.2. The van der Waals surface area contributed by atoms with Gasteiger partial charge in [-0.1, -0.05) is 464 Å². The van der Waals surface area contributed by atoms with Crippen molar-refractivity contribution in [2.75, 3.05) is 144 Å². The molecule has 1 heterocycles. The van der Waals surface area contributed by atoms with E-state index in [-0.39, 0.29) is 120 Å². The average molecular weight is 2450 g/mol. The van der Waals surface area contributed by atoms with Crippen molar-refractivity contribution in [1.82, 2.24) is 49.8 Å². The van der Waals surface area contributed by atoms with Crippen molar-refractivity contribution in [1.29, 1.82) is 0 Å². The molecule has 1 aromatic rings. The van der Waals surface area contributed by atoms with Gasteiger partial charge in [0, 0.05) is 127 Å². The third kappa shape index (κ3) is 195. The third-order valence-corrected chi connectivity index (χ3v) is 22.7. The van der Waals surface area contributed by atoms with E-state index in [1.54, 1.807) is 24.7 Å². The van der Waals surface area contributed by atoms with E-state index in [0.29, 0.717) is 32.9 Å². The fraction of sp³-hybridized carbons (Fsp3) is 0.826. The molecule has 0 fully saturated rings. The molecule has 8 unspecified atom stereocenters. The van der Waals surface area contributed by atoms with Crippen LogP contribution in [-0.2, 0) is 37.6 Å². The fourth-order valence-electron chi connectivity index (χ4n) is 13.3. The van der Waals surface area contributed by atoms with Gasteiger partial charge in [-0.2, -0.15) is 5.10 Å². The SMILES string of the molecule is C.C.C.C.C.C.C.C.C.C.C.C.C=C(C)C.C=C(C)C.C=C(C)n1cccn1.C=CCN(CC)CC(C)CC.CC.CC.CC.CC/C=C\CN(CC)CC(C)CC.CC/C=C\CN(CCCCN(C/C=C\CC)CC(C)CC)CC(C)CC.CC/C=C\CN(CCCCN(C/C=C\CC)CC(C)CC)CC(C)CC.CCCCCC(CCCNCCCC)C(C)=O.CCCCCC(CCCNCCCC)C(C)=O.Cl.[I][V][I].[V]. The van der Waals surface area contributed by atoms with Crippen LogP contribution in [0, 0.1) is 47.3 Å². The van der Waals surface area contributed by atoms with Gasteiger partial charge in [0.1, 0.15) is 11.6 Å². The first kappa shape index (κ1) is 215. The number of Topliss-reactive ketones (excluding diaryl/α,β-unsaturated/α-hetero) is 2. The number of carbonyl (C=O) groups is 2. The first-order valence-corrected chi connectivity index (χ1v) is 65.2. The summed E-state index contributed by atoms with van der Waals surface area (Å²) in [4.78, 5) is 38.5. The Kier molecular flexibility index (Phi) is 267. The van der Waals surface area contributed by atoms with E-state index in [2.05, 4.69) is 331 Å². The van der Waals surface area contributed by atoms with Crippen LogP contribution in [0.1, 0.15) is 537 Å². The molecule has 17 heteroatoms. The Labute approximate surface area is 999 Å². The zero-order chi connectivity index (χ0) is 106. The molecule has 0 aliphatic rings. The number of allylic oxidation sites excluding steroid dienone is 8. The smallest absolute Gasteiger partial charge is 0 e. The molecule has 0 amide bonds. The fourth-order valence-corrected chi connectivity index (χ4v) is 13.3. The molecule has 8 atom stereocenters. The second-order valence-corrected chi connectivity index (χ2v) is 49.0. The molecule has 0 spiro atoms. The van der Waals surface area contributed by atoms with Crippen molar-refractivity contribution in [2.24, 2.45) is 47.3 Å². The van der Waals surface area contributed by atoms with Gasteiger partial charge in [0.05, 0.1) is 0 Å². The molecule has 1 radical (unpaired) electrons. The molecule has 0 bridgehead atoms. The number of carbonyl (C=O) groups excluding carboxylic acids is 2. The molecule has 149 heavy (non-hydrogen) atoms. The molecule has 0 aliphatic carbocycles. The van der Waals surface area contributed by atoms with Crippen LogP contribution in [0.15, 0.2) is 123 Å². The van der Waals surface area contributed by atoms with Crippen LogP contribution in [-0.4, -0.2) is 195 Å². The van der Waals surface area contributed by atoms with E-state index in [0.717, 1.165) is 184 Å². The molecular formula is C132H295ClI2N10O2V2. The summed E-state index contributed by atoms with van der Waals surface area (Å²) in [6.07, 6.45) is 66.4. The molecular weight excluding hydrogens is 2150 g/mol. The Morgan fingerprint density at radius 3 is 0.705 bits per heavy atom. The van der Waals surface area contributed by atoms with Crippen molar-refractivity contribution in [3.05, 3.63) is 123 Å². The minimum Gasteiger partial charge on any atom is 0 e. The van der Waals surface area contributed by atoms with Crippen molar-refractivity contribution in [3.8, 4) is 0 Å². The van der Waals surface area contributed by atoms with Crippen molar-refractivity contribution in [2.45, 2.75) is 537 Å². The summed E-state index contributed by atoms with van der Waals surface area (Å²) < 4.78 is 1.72. The van der Waals surface area contributed by atoms with Crippen LogP contribution in [0.4, 0.5) is 0 Å². The topological polar surface area (TPSA) is 95.5 Å². The zero-order valence-electron chi connectivity index (χ0n) is 99.0. The molecule has 0 saturated heterocycles. The Bertz CT molecular complexity index is 2400. The number of likely N-dealkylation sites (N-methyl/N-ethyl adjacent to an activating group) is 2. The summed E-state index contributed by atoms with van der Waals surface area (Å²) in [5, 5.41) is 10.8. The summed E-state index contributed by atoms with van der Waals surface area (Å²) in [7, 11) is 0.628. The number of aromatic nitrogens is 2. The largest absolute Gasteiger partial charge is 0 e. The van der Waals surface area contributed by atoms with Gasteiger partial charge in [-0.05, 0) is 265 Å². The van der Waals surface area contributed by atoms with Crippen LogP contribution >= 0.6 is 52.4 Å². The Morgan fingerprint density at radius 2 is 0.537 bits per heavy atom. The normalized spacial score (nSPS) is 11.4. The number of halogens is 3. The van der Waals surface area contributed by atoms with E-state index in [1.807, 2.05) is 94.5 Å². The molecule has 1 aromatic heterocycles. The van der Waals surface area contributed by atoms with Gasteiger partial charge in [-0.25, -0.2) is 4.68 Å². The number of hydrogen-bond donors (Lipinski definition) is 2. The van der Waals surface area contributed by atoms with Gasteiger partial charge >= 0.3 is 49.4 Å². The van der Waals surface area contributed by atoms with Crippen molar-refractivity contribution < 1.29 is 37.6 Å². The number of unbranched alkanes of at least 4 members (excludes halogenated alkanes) is 8. The van der Waals surface area contributed by atoms with Crippen molar-refractivity contribution >= 4 is 69.6 Å². The van der Waals surface area contributed by atoms with E-state index in [9.17, 15) is 9.59 Å². The third-order valence-electron chi connectivity index (χ3n) is 22.7. The maximum atomic E-state index is 11.5. The molecule has 1 rings (SSSR count). The number of ketones is 2. The van der Waals surface area contributed by atoms with Gasteiger partial charge in [-0.15, -0.1) is 32.1 Å². The summed E-state index contributed by atoms with van der Waals surface area (Å²) >= 11 is 4.74. The second kappa shape index (κ2) is 185. The van der Waals surface area contributed by atoms with Crippen LogP contribution in [0.25, 0.3) is 5.70 Å². The number of nitrogens with one attached hydrogen (secondary N) is 2. The van der Waals surface area contributed by atoms with E-state index in [1.165, 1.54) is 212 Å². The van der Waals surface area contributed by atoms with E-state index >= 15 is 0 Å². The average Bonchev–Trinajstić information content (AvgIpc) is 1.85. The molecule has 0 saturated carbocycles. The minimum atomic E-state index is 0. The molecule has 0 aliphatic heterocycles. The van der Waals surface area contributed by atoms with Gasteiger partial charge < -0.3 is 10.6 Å². The molecule has 12 nitrogen and oxygen atoms in total. The summed E-state index contributed by atoms with van der Waals surface area (Å²) in [5.74, 6) is 6.23. The summed E-state index contributed by atoms with van der Waals surface area (Å²) in [5.41, 5.74) is 3.27. The Hall–Kier alpha value is -1.19. The quantitative estimate of drug-likeness (QED) is 0.0371. The van der Waals surface area contributed by atoms with E-state index < -0.39 is 0 Å². The van der Waals surface area contributed by atoms with Crippen LogP contribution in [0.3, 0.4) is 0 Å². The monoisotopic (exact) mass is 2440 g/mol. The zero-order valence-corrected chi connectivity index (χ0v) is 107. The minimum absolute atomic E-state index is 0.